The molecule has 0 amide bonds. The van der Waals surface area contributed by atoms with E-state index >= 15 is 0 Å². The highest BCUT2D eigenvalue weighted by atomic mass is 16.5. The van der Waals surface area contributed by atoms with Crippen molar-refractivity contribution in [3.63, 3.8) is 0 Å². The summed E-state index contributed by atoms with van der Waals surface area (Å²) in [5.74, 6) is 2.26. The van der Waals surface area contributed by atoms with Crippen LogP contribution < -0.4 is 5.32 Å². The van der Waals surface area contributed by atoms with Crippen molar-refractivity contribution in [1.29, 1.82) is 0 Å². The average molecular weight is 347 g/mol. The summed E-state index contributed by atoms with van der Waals surface area (Å²) in [4.78, 5) is 9.19. The van der Waals surface area contributed by atoms with Crippen LogP contribution in [-0.2, 0) is 20.0 Å². The number of fused-ring (bicyclic) bond motifs is 1. The molecule has 1 unspecified atom stereocenters. The third-order valence-corrected chi connectivity index (χ3v) is 4.51. The lowest BCUT2D eigenvalue weighted by atomic mass is 10.1. The first-order valence-electron chi connectivity index (χ1n) is 8.71. The molecule has 1 atom stereocenters. The van der Waals surface area contributed by atoms with E-state index in [1.54, 1.807) is 0 Å². The van der Waals surface area contributed by atoms with Crippen molar-refractivity contribution in [1.82, 2.24) is 25.0 Å². The zero-order valence-corrected chi connectivity index (χ0v) is 14.9. The minimum absolute atomic E-state index is 0.0492. The summed E-state index contributed by atoms with van der Waals surface area (Å²) in [6.45, 7) is 2.64. The number of benzene rings is 2. The molecule has 0 aliphatic carbocycles. The first kappa shape index (κ1) is 16.5. The standard InChI is InChI=1S/C20H21N5O/c1-14(20-23-18(24-26-20)12-15-8-4-3-5-9-15)21-13-19-22-16-10-6-7-11-17(16)25(19)2/h3-11,14,21H,12-13H2,1-2H3. The molecule has 26 heavy (non-hydrogen) atoms. The molecular formula is C20H21N5O. The van der Waals surface area contributed by atoms with Gasteiger partial charge in [0.1, 0.15) is 5.82 Å². The topological polar surface area (TPSA) is 68.8 Å². The van der Waals surface area contributed by atoms with Crippen LogP contribution in [0.4, 0.5) is 0 Å². The molecule has 1 N–H and O–H groups in total. The number of nitrogens with one attached hydrogen (secondary N) is 1. The Morgan fingerprint density at radius 3 is 2.62 bits per heavy atom. The smallest absolute Gasteiger partial charge is 0.243 e. The minimum atomic E-state index is -0.0492. The van der Waals surface area contributed by atoms with E-state index < -0.39 is 0 Å². The number of nitrogens with zero attached hydrogens (tertiary/aromatic N) is 4. The van der Waals surface area contributed by atoms with Crippen molar-refractivity contribution >= 4 is 11.0 Å². The molecule has 0 radical (unpaired) electrons. The number of aryl methyl sites for hydroxylation is 1. The SMILES string of the molecule is CC(NCc1nc2ccccc2n1C)c1nc(Cc2ccccc2)no1. The van der Waals surface area contributed by atoms with Gasteiger partial charge in [0.05, 0.1) is 23.6 Å². The molecule has 2 aromatic carbocycles. The molecule has 132 valence electrons. The predicted octanol–water partition coefficient (Wildman–Crippen LogP) is 3.40. The molecule has 0 aliphatic heterocycles. The Bertz CT molecular complexity index is 1010. The largest absolute Gasteiger partial charge is 0.338 e. The van der Waals surface area contributed by atoms with Crippen LogP contribution in [0.5, 0.6) is 0 Å². The monoisotopic (exact) mass is 347 g/mol. The second-order valence-corrected chi connectivity index (χ2v) is 6.39. The number of para-hydroxylation sites is 2. The molecular weight excluding hydrogens is 326 g/mol. The van der Waals surface area contributed by atoms with Crippen molar-refractivity contribution in [3.05, 3.63) is 77.7 Å². The van der Waals surface area contributed by atoms with Gasteiger partial charge in [-0.25, -0.2) is 4.98 Å². The maximum absolute atomic E-state index is 5.43. The predicted molar refractivity (Wildman–Crippen MR) is 99.5 cm³/mol. The molecule has 4 rings (SSSR count). The van der Waals surface area contributed by atoms with Crippen LogP contribution in [-0.4, -0.2) is 19.7 Å². The number of aromatic nitrogens is 4. The summed E-state index contributed by atoms with van der Waals surface area (Å²) in [5, 5.41) is 7.51. The van der Waals surface area contributed by atoms with Gasteiger partial charge in [0, 0.05) is 13.5 Å². The fourth-order valence-corrected chi connectivity index (χ4v) is 2.98. The van der Waals surface area contributed by atoms with Crippen LogP contribution in [0.15, 0.2) is 59.1 Å². The van der Waals surface area contributed by atoms with Gasteiger partial charge < -0.3 is 9.09 Å². The number of rotatable bonds is 6. The van der Waals surface area contributed by atoms with Gasteiger partial charge in [-0.2, -0.15) is 4.98 Å². The third-order valence-electron chi connectivity index (χ3n) is 4.51. The Balaban J connectivity index is 1.42. The molecule has 0 fully saturated rings. The summed E-state index contributed by atoms with van der Waals surface area (Å²) >= 11 is 0. The van der Waals surface area contributed by atoms with E-state index in [4.69, 9.17) is 4.52 Å². The Hall–Kier alpha value is -2.99. The molecule has 4 aromatic rings. The van der Waals surface area contributed by atoms with E-state index in [-0.39, 0.29) is 6.04 Å². The Labute approximate surface area is 151 Å². The Morgan fingerprint density at radius 1 is 1.04 bits per heavy atom. The van der Waals surface area contributed by atoms with Crippen LogP contribution in [0, 0.1) is 0 Å². The first-order chi connectivity index (χ1) is 12.7. The normalized spacial score (nSPS) is 12.5. The van der Waals surface area contributed by atoms with Gasteiger partial charge in [0.25, 0.3) is 0 Å². The molecule has 2 heterocycles. The second kappa shape index (κ2) is 7.09. The average Bonchev–Trinajstić information content (AvgIpc) is 3.26. The lowest BCUT2D eigenvalue weighted by Gasteiger charge is -2.09. The Morgan fingerprint density at radius 2 is 1.81 bits per heavy atom. The van der Waals surface area contributed by atoms with Crippen LogP contribution in [0.1, 0.15) is 36.1 Å². The van der Waals surface area contributed by atoms with E-state index in [0.29, 0.717) is 24.7 Å². The van der Waals surface area contributed by atoms with Crippen molar-refractivity contribution in [2.24, 2.45) is 7.05 Å². The number of imidazole rings is 1. The highest BCUT2D eigenvalue weighted by Gasteiger charge is 2.15. The van der Waals surface area contributed by atoms with Gasteiger partial charge in [0.2, 0.25) is 5.89 Å². The maximum atomic E-state index is 5.43. The summed E-state index contributed by atoms with van der Waals surface area (Å²) in [5.41, 5.74) is 3.29. The van der Waals surface area contributed by atoms with E-state index in [9.17, 15) is 0 Å². The summed E-state index contributed by atoms with van der Waals surface area (Å²) in [6, 6.07) is 18.2. The summed E-state index contributed by atoms with van der Waals surface area (Å²) in [6.07, 6.45) is 0.668. The molecule has 0 saturated heterocycles. The van der Waals surface area contributed by atoms with Crippen LogP contribution >= 0.6 is 0 Å². The molecule has 0 saturated carbocycles. The van der Waals surface area contributed by atoms with E-state index in [1.165, 1.54) is 5.56 Å². The van der Waals surface area contributed by atoms with Crippen LogP contribution in [0.2, 0.25) is 0 Å². The van der Waals surface area contributed by atoms with Gasteiger partial charge >= 0.3 is 0 Å². The third kappa shape index (κ3) is 3.36. The van der Waals surface area contributed by atoms with E-state index in [2.05, 4.69) is 43.2 Å². The second-order valence-electron chi connectivity index (χ2n) is 6.39. The highest BCUT2D eigenvalue weighted by Crippen LogP contribution is 2.16. The molecule has 0 bridgehead atoms. The van der Waals surface area contributed by atoms with Gasteiger partial charge in [0.15, 0.2) is 5.82 Å². The van der Waals surface area contributed by atoms with Crippen molar-refractivity contribution < 1.29 is 4.52 Å². The fourth-order valence-electron chi connectivity index (χ4n) is 2.98. The van der Waals surface area contributed by atoms with Gasteiger partial charge in [-0.15, -0.1) is 0 Å². The van der Waals surface area contributed by atoms with Crippen molar-refractivity contribution in [2.75, 3.05) is 0 Å². The summed E-state index contributed by atoms with van der Waals surface area (Å²) < 4.78 is 7.53. The number of hydrogen-bond acceptors (Lipinski definition) is 5. The first-order valence-corrected chi connectivity index (χ1v) is 8.71. The van der Waals surface area contributed by atoms with Crippen molar-refractivity contribution in [3.8, 4) is 0 Å². The molecule has 0 spiro atoms. The molecule has 6 heteroatoms. The zero-order valence-electron chi connectivity index (χ0n) is 14.9. The quantitative estimate of drug-likeness (QED) is 0.579. The van der Waals surface area contributed by atoms with Gasteiger partial charge in [-0.1, -0.05) is 47.6 Å². The fraction of sp³-hybridized carbons (Fsp3) is 0.250. The lowest BCUT2D eigenvalue weighted by Crippen LogP contribution is -2.20. The van der Waals surface area contributed by atoms with E-state index in [1.807, 2.05) is 50.4 Å². The number of hydrogen-bond donors (Lipinski definition) is 1. The van der Waals surface area contributed by atoms with Crippen LogP contribution in [0.25, 0.3) is 11.0 Å². The maximum Gasteiger partial charge on any atom is 0.243 e. The van der Waals surface area contributed by atoms with Crippen molar-refractivity contribution in [2.45, 2.75) is 25.9 Å². The highest BCUT2D eigenvalue weighted by molar-refractivity contribution is 5.75. The van der Waals surface area contributed by atoms with E-state index in [0.717, 1.165) is 16.9 Å². The van der Waals surface area contributed by atoms with Gasteiger partial charge in [-0.3, -0.25) is 5.32 Å². The van der Waals surface area contributed by atoms with Gasteiger partial charge in [-0.05, 0) is 24.6 Å². The van der Waals surface area contributed by atoms with Crippen LogP contribution in [0.3, 0.4) is 0 Å². The Kier molecular flexibility index (Phi) is 4.50. The minimum Gasteiger partial charge on any atom is -0.338 e. The molecule has 2 aromatic heterocycles. The lowest BCUT2D eigenvalue weighted by molar-refractivity contribution is 0.334. The zero-order chi connectivity index (χ0) is 17.9. The molecule has 0 aliphatic rings. The summed E-state index contributed by atoms with van der Waals surface area (Å²) in [7, 11) is 2.03. The molecule has 6 nitrogen and oxygen atoms in total.